The molecule has 0 fully saturated rings. The number of rotatable bonds is 36. The Labute approximate surface area is 329 Å². The minimum Gasteiger partial charge on any atom is -0.480 e. The summed E-state index contributed by atoms with van der Waals surface area (Å²) in [6.07, 6.45) is 54.7. The van der Waals surface area contributed by atoms with Gasteiger partial charge in [0.05, 0.1) is 0 Å². The maximum Gasteiger partial charge on any atom is 0.326 e. The number of esters is 1. The lowest BCUT2D eigenvalue weighted by Crippen LogP contribution is -2.40. The number of amides is 1. The van der Waals surface area contributed by atoms with Crippen molar-refractivity contribution in [3.8, 4) is 0 Å². The second-order valence-corrected chi connectivity index (χ2v) is 13.6. The predicted octanol–water partition coefficient (Wildman–Crippen LogP) is 11.9. The topological polar surface area (TPSA) is 119 Å². The van der Waals surface area contributed by atoms with E-state index in [1.54, 1.807) is 0 Å². The van der Waals surface area contributed by atoms with Crippen LogP contribution in [-0.2, 0) is 19.1 Å². The van der Waals surface area contributed by atoms with E-state index in [1.807, 2.05) is 6.08 Å². The van der Waals surface area contributed by atoms with Gasteiger partial charge in [-0.2, -0.15) is 0 Å². The molecule has 54 heavy (non-hydrogen) atoms. The number of ether oxygens (including phenoxy) is 1. The second-order valence-electron chi connectivity index (χ2n) is 13.6. The maximum atomic E-state index is 12.7. The molecule has 0 saturated heterocycles. The molecule has 0 aliphatic heterocycles. The Morgan fingerprint density at radius 1 is 0.556 bits per heavy atom. The molecule has 2 unspecified atom stereocenters. The molecule has 0 saturated carbocycles. The van der Waals surface area contributed by atoms with Gasteiger partial charge in [-0.3, -0.25) is 9.59 Å². The molecule has 4 N–H and O–H groups in total. The summed E-state index contributed by atoms with van der Waals surface area (Å²) in [6, 6.07) is -0.883. The average molecular weight is 749 g/mol. The highest BCUT2D eigenvalue weighted by Crippen LogP contribution is 2.14. The molecule has 0 aliphatic rings. The number of unbranched alkanes of at least 4 members (excludes halogenated alkanes) is 8. The van der Waals surface area contributed by atoms with Crippen molar-refractivity contribution >= 4 is 17.8 Å². The number of carbonyl (C=O) groups excluding carboxylic acids is 2. The van der Waals surface area contributed by atoms with E-state index in [4.69, 9.17) is 10.5 Å². The van der Waals surface area contributed by atoms with Crippen LogP contribution in [0.15, 0.2) is 97.2 Å². The Kier molecular flexibility index (Phi) is 37.7. The van der Waals surface area contributed by atoms with E-state index in [-0.39, 0.29) is 18.0 Å². The van der Waals surface area contributed by atoms with Crippen molar-refractivity contribution in [2.24, 2.45) is 5.73 Å². The van der Waals surface area contributed by atoms with Gasteiger partial charge in [0.2, 0.25) is 5.91 Å². The SMILES string of the molecule is CC/C=C\C/C=C\C/C=C\C/C=C\C/C=C\CCCCCCCC(=O)OC(/C=C\C/C=C\C/C=C\CC)CCCCCCC(=O)NC(CCCN)C(=O)O. The molecule has 0 heterocycles. The highest BCUT2D eigenvalue weighted by Gasteiger charge is 2.19. The van der Waals surface area contributed by atoms with Crippen LogP contribution in [0.5, 0.6) is 0 Å². The van der Waals surface area contributed by atoms with Gasteiger partial charge < -0.3 is 20.9 Å². The number of carbonyl (C=O) groups is 3. The summed E-state index contributed by atoms with van der Waals surface area (Å²) in [5.74, 6) is -1.40. The van der Waals surface area contributed by atoms with Crippen molar-refractivity contribution in [3.63, 3.8) is 0 Å². The molecule has 0 bridgehead atoms. The van der Waals surface area contributed by atoms with Crippen molar-refractivity contribution < 1.29 is 24.2 Å². The van der Waals surface area contributed by atoms with E-state index in [9.17, 15) is 19.5 Å². The average Bonchev–Trinajstić information content (AvgIpc) is 3.16. The molecule has 1 amide bonds. The monoisotopic (exact) mass is 749 g/mol. The van der Waals surface area contributed by atoms with E-state index in [0.717, 1.165) is 103 Å². The molecule has 0 spiro atoms. The van der Waals surface area contributed by atoms with Crippen molar-refractivity contribution in [1.82, 2.24) is 5.32 Å². The summed E-state index contributed by atoms with van der Waals surface area (Å²) in [4.78, 5) is 36.3. The predicted molar refractivity (Wildman–Crippen MR) is 229 cm³/mol. The van der Waals surface area contributed by atoms with Crippen LogP contribution in [0.2, 0.25) is 0 Å². The van der Waals surface area contributed by atoms with Crippen LogP contribution >= 0.6 is 0 Å². The van der Waals surface area contributed by atoms with E-state index in [0.29, 0.717) is 38.6 Å². The Bertz CT molecular complexity index is 1160. The summed E-state index contributed by atoms with van der Waals surface area (Å²) >= 11 is 0. The molecule has 7 heteroatoms. The van der Waals surface area contributed by atoms with Crippen LogP contribution in [-0.4, -0.2) is 41.6 Å². The van der Waals surface area contributed by atoms with E-state index < -0.39 is 12.0 Å². The largest absolute Gasteiger partial charge is 0.480 e. The molecule has 2 atom stereocenters. The zero-order valence-electron chi connectivity index (χ0n) is 34.0. The van der Waals surface area contributed by atoms with Gasteiger partial charge >= 0.3 is 11.9 Å². The maximum absolute atomic E-state index is 12.7. The molecule has 0 aromatic rings. The summed E-state index contributed by atoms with van der Waals surface area (Å²) in [6.45, 7) is 4.67. The van der Waals surface area contributed by atoms with E-state index in [1.165, 1.54) is 12.8 Å². The normalized spacial score (nSPS) is 13.7. The molecule has 7 nitrogen and oxygen atoms in total. The number of aliphatic carboxylic acids is 1. The van der Waals surface area contributed by atoms with Crippen molar-refractivity contribution in [2.45, 2.75) is 174 Å². The van der Waals surface area contributed by atoms with Gasteiger partial charge in [0, 0.05) is 12.8 Å². The van der Waals surface area contributed by atoms with Gasteiger partial charge in [-0.1, -0.05) is 137 Å². The molecule has 0 rings (SSSR count). The number of hydrogen-bond acceptors (Lipinski definition) is 5. The minimum atomic E-state index is -1.03. The van der Waals surface area contributed by atoms with Crippen LogP contribution < -0.4 is 11.1 Å². The number of nitrogens with two attached hydrogens (primary N) is 1. The second kappa shape index (κ2) is 40.5. The van der Waals surface area contributed by atoms with Crippen LogP contribution in [0.3, 0.4) is 0 Å². The van der Waals surface area contributed by atoms with Gasteiger partial charge in [-0.05, 0) is 115 Å². The standard InChI is InChI=1S/C47H76N2O5/c1-3-5-7-9-11-13-14-15-16-17-18-19-20-21-22-23-24-25-27-29-35-41-46(51)54-43(37-32-28-26-12-10-8-6-4-2)38-33-30-31-34-40-45(50)49-44(47(52)53)39-36-42-48/h5-8,11-13,15-16,18-19,21-22,26,32,37,43-44H,3-4,9-10,14,17,20,23-25,27-31,33-36,38-42,48H2,1-2H3,(H,49,50)(H,52,53)/b7-5-,8-6-,13-11-,16-15-,19-18-,22-21-,26-12-,37-32-. The number of allylic oxidation sites excluding steroid dienone is 15. The molecule has 304 valence electrons. The molecular formula is C47H76N2O5. The minimum absolute atomic E-state index is 0.136. The third-order valence-electron chi connectivity index (χ3n) is 8.63. The lowest BCUT2D eigenvalue weighted by Gasteiger charge is -2.15. The Hall–Kier alpha value is -3.71. The molecule has 0 aromatic heterocycles. The number of carboxylic acids is 1. The van der Waals surface area contributed by atoms with Gasteiger partial charge in [-0.15, -0.1) is 0 Å². The van der Waals surface area contributed by atoms with Gasteiger partial charge in [0.1, 0.15) is 12.1 Å². The first-order valence-corrected chi connectivity index (χ1v) is 21.1. The Balaban J connectivity index is 4.32. The summed E-state index contributed by atoms with van der Waals surface area (Å²) in [5, 5.41) is 11.9. The number of carboxylic acid groups (broad SMARTS) is 1. The summed E-state index contributed by atoms with van der Waals surface area (Å²) in [5.41, 5.74) is 5.48. The smallest absolute Gasteiger partial charge is 0.326 e. The first kappa shape index (κ1) is 50.3. The molecule has 0 radical (unpaired) electrons. The van der Waals surface area contributed by atoms with E-state index >= 15 is 0 Å². The first-order chi connectivity index (χ1) is 26.4. The van der Waals surface area contributed by atoms with Crippen molar-refractivity contribution in [1.29, 1.82) is 0 Å². The van der Waals surface area contributed by atoms with Gasteiger partial charge in [-0.25, -0.2) is 4.79 Å². The van der Waals surface area contributed by atoms with Crippen molar-refractivity contribution in [3.05, 3.63) is 97.2 Å². The lowest BCUT2D eigenvalue weighted by molar-refractivity contribution is -0.147. The highest BCUT2D eigenvalue weighted by molar-refractivity contribution is 5.83. The fourth-order valence-electron chi connectivity index (χ4n) is 5.53. The van der Waals surface area contributed by atoms with E-state index in [2.05, 4.69) is 110 Å². The highest BCUT2D eigenvalue weighted by atomic mass is 16.5. The Morgan fingerprint density at radius 3 is 1.56 bits per heavy atom. The first-order valence-electron chi connectivity index (χ1n) is 21.1. The number of hydrogen-bond donors (Lipinski definition) is 3. The van der Waals surface area contributed by atoms with Crippen LogP contribution in [0.4, 0.5) is 0 Å². The summed E-state index contributed by atoms with van der Waals surface area (Å²) < 4.78 is 5.88. The van der Waals surface area contributed by atoms with Crippen LogP contribution in [0.25, 0.3) is 0 Å². The summed E-state index contributed by atoms with van der Waals surface area (Å²) in [7, 11) is 0. The number of nitrogens with one attached hydrogen (secondary N) is 1. The van der Waals surface area contributed by atoms with Crippen molar-refractivity contribution in [2.75, 3.05) is 6.54 Å². The quantitative estimate of drug-likeness (QED) is 0.0333. The molecule has 0 aliphatic carbocycles. The third kappa shape index (κ3) is 36.6. The molecular weight excluding hydrogens is 673 g/mol. The van der Waals surface area contributed by atoms with Crippen LogP contribution in [0, 0.1) is 0 Å². The fourth-order valence-corrected chi connectivity index (χ4v) is 5.53. The Morgan fingerprint density at radius 2 is 1.02 bits per heavy atom. The van der Waals surface area contributed by atoms with Gasteiger partial charge in [0.15, 0.2) is 0 Å². The zero-order valence-corrected chi connectivity index (χ0v) is 34.0. The van der Waals surface area contributed by atoms with Gasteiger partial charge in [0.25, 0.3) is 0 Å². The molecule has 0 aromatic carbocycles. The third-order valence-corrected chi connectivity index (χ3v) is 8.63. The fraction of sp³-hybridized carbons (Fsp3) is 0.596. The van der Waals surface area contributed by atoms with Crippen LogP contribution in [0.1, 0.15) is 162 Å². The lowest BCUT2D eigenvalue weighted by atomic mass is 10.1. The zero-order chi connectivity index (χ0) is 39.6.